The third-order valence-electron chi connectivity index (χ3n) is 4.56. The molecule has 17 heavy (non-hydrogen) atoms. The zero-order valence-electron chi connectivity index (χ0n) is 12.3. The molecule has 1 saturated carbocycles. The molecule has 3 unspecified atom stereocenters. The van der Waals surface area contributed by atoms with E-state index in [4.69, 9.17) is 0 Å². The topological polar surface area (TPSA) is 15.3 Å². The summed E-state index contributed by atoms with van der Waals surface area (Å²) >= 11 is 0. The fraction of sp³-hybridized carbons (Fsp3) is 1.00. The van der Waals surface area contributed by atoms with Crippen LogP contribution >= 0.6 is 0 Å². The molecule has 0 bridgehead atoms. The molecule has 2 nitrogen and oxygen atoms in total. The lowest BCUT2D eigenvalue weighted by atomic mass is 9.99. The molecule has 0 aromatic rings. The molecule has 0 aromatic carbocycles. The molecule has 1 aliphatic carbocycles. The molecule has 3 atom stereocenters. The smallest absolute Gasteiger partial charge is 0.00928 e. The standard InChI is InChI=1S/C15H32N2/c1-5-13(3)12-17(6-2)11-10-14-8-7-9-15(14)16-4/h13-16H,5-12H2,1-4H3. The first-order chi connectivity index (χ1) is 8.21. The Kier molecular flexibility index (Phi) is 7.14. The summed E-state index contributed by atoms with van der Waals surface area (Å²) in [7, 11) is 2.12. The summed E-state index contributed by atoms with van der Waals surface area (Å²) in [5.41, 5.74) is 0. The number of hydrogen-bond donors (Lipinski definition) is 1. The molecule has 0 heterocycles. The fourth-order valence-electron chi connectivity index (χ4n) is 3.06. The molecule has 0 radical (unpaired) electrons. The largest absolute Gasteiger partial charge is 0.317 e. The van der Waals surface area contributed by atoms with Crippen LogP contribution in [-0.4, -0.2) is 37.6 Å². The minimum absolute atomic E-state index is 0.789. The van der Waals surface area contributed by atoms with Crippen molar-refractivity contribution in [3.8, 4) is 0 Å². The van der Waals surface area contributed by atoms with Crippen molar-refractivity contribution < 1.29 is 0 Å². The molecule has 2 heteroatoms. The Balaban J connectivity index is 2.26. The Hall–Kier alpha value is -0.0800. The van der Waals surface area contributed by atoms with Gasteiger partial charge in [-0.15, -0.1) is 0 Å². The van der Waals surface area contributed by atoms with Crippen LogP contribution in [0.3, 0.4) is 0 Å². The van der Waals surface area contributed by atoms with Crippen molar-refractivity contribution in [2.75, 3.05) is 26.7 Å². The van der Waals surface area contributed by atoms with Crippen molar-refractivity contribution in [1.29, 1.82) is 0 Å². The van der Waals surface area contributed by atoms with Crippen molar-refractivity contribution in [2.45, 2.75) is 58.9 Å². The predicted octanol–water partition coefficient (Wildman–Crippen LogP) is 3.13. The summed E-state index contributed by atoms with van der Waals surface area (Å²) < 4.78 is 0. The summed E-state index contributed by atoms with van der Waals surface area (Å²) in [6.45, 7) is 10.8. The lowest BCUT2D eigenvalue weighted by Gasteiger charge is -2.26. The van der Waals surface area contributed by atoms with E-state index in [-0.39, 0.29) is 0 Å². The van der Waals surface area contributed by atoms with Crippen molar-refractivity contribution in [1.82, 2.24) is 10.2 Å². The van der Waals surface area contributed by atoms with Crippen molar-refractivity contribution >= 4 is 0 Å². The molecule has 1 fully saturated rings. The van der Waals surface area contributed by atoms with Crippen molar-refractivity contribution in [2.24, 2.45) is 11.8 Å². The molecule has 0 aliphatic heterocycles. The van der Waals surface area contributed by atoms with Crippen LogP contribution in [0, 0.1) is 11.8 Å². The summed E-state index contributed by atoms with van der Waals surface area (Å²) in [5, 5.41) is 3.49. The molecule has 0 amide bonds. The van der Waals surface area contributed by atoms with Gasteiger partial charge in [-0.2, -0.15) is 0 Å². The molecule has 1 rings (SSSR count). The first-order valence-corrected chi connectivity index (χ1v) is 7.60. The first-order valence-electron chi connectivity index (χ1n) is 7.60. The number of nitrogens with one attached hydrogen (secondary N) is 1. The van der Waals surface area contributed by atoms with Crippen molar-refractivity contribution in [3.63, 3.8) is 0 Å². The second kappa shape index (κ2) is 8.10. The highest BCUT2D eigenvalue weighted by Crippen LogP contribution is 2.28. The first kappa shape index (κ1) is 15.0. The van der Waals surface area contributed by atoms with Crippen LogP contribution in [-0.2, 0) is 0 Å². The van der Waals surface area contributed by atoms with Crippen LogP contribution in [0.2, 0.25) is 0 Å². The van der Waals surface area contributed by atoms with Gasteiger partial charge in [0.1, 0.15) is 0 Å². The minimum Gasteiger partial charge on any atom is -0.317 e. The van der Waals surface area contributed by atoms with E-state index >= 15 is 0 Å². The Bertz CT molecular complexity index is 193. The highest BCUT2D eigenvalue weighted by atomic mass is 15.1. The van der Waals surface area contributed by atoms with Gasteiger partial charge in [-0.05, 0) is 51.2 Å². The molecular weight excluding hydrogens is 208 g/mol. The van der Waals surface area contributed by atoms with E-state index in [1.807, 2.05) is 0 Å². The Morgan fingerprint density at radius 1 is 1.29 bits per heavy atom. The van der Waals surface area contributed by atoms with Gasteiger partial charge in [-0.25, -0.2) is 0 Å². The highest BCUT2D eigenvalue weighted by molar-refractivity contribution is 4.82. The monoisotopic (exact) mass is 240 g/mol. The Morgan fingerprint density at radius 2 is 2.06 bits per heavy atom. The van der Waals surface area contributed by atoms with E-state index in [0.29, 0.717) is 0 Å². The number of rotatable bonds is 8. The van der Waals surface area contributed by atoms with E-state index in [1.54, 1.807) is 0 Å². The van der Waals surface area contributed by atoms with Gasteiger partial charge in [0, 0.05) is 12.6 Å². The maximum absolute atomic E-state index is 3.49. The quantitative estimate of drug-likeness (QED) is 0.701. The molecule has 1 aliphatic rings. The third kappa shape index (κ3) is 4.97. The lowest BCUT2D eigenvalue weighted by molar-refractivity contribution is 0.222. The Morgan fingerprint density at radius 3 is 2.65 bits per heavy atom. The van der Waals surface area contributed by atoms with E-state index < -0.39 is 0 Å². The van der Waals surface area contributed by atoms with E-state index in [9.17, 15) is 0 Å². The molecular formula is C15H32N2. The van der Waals surface area contributed by atoms with Crippen LogP contribution < -0.4 is 5.32 Å². The third-order valence-corrected chi connectivity index (χ3v) is 4.56. The summed E-state index contributed by atoms with van der Waals surface area (Å²) in [6, 6.07) is 0.789. The van der Waals surface area contributed by atoms with Gasteiger partial charge in [0.15, 0.2) is 0 Å². The summed E-state index contributed by atoms with van der Waals surface area (Å²) in [5.74, 6) is 1.77. The predicted molar refractivity (Wildman–Crippen MR) is 76.4 cm³/mol. The van der Waals surface area contributed by atoms with Crippen LogP contribution in [0.5, 0.6) is 0 Å². The van der Waals surface area contributed by atoms with Gasteiger partial charge in [0.2, 0.25) is 0 Å². The van der Waals surface area contributed by atoms with Crippen molar-refractivity contribution in [3.05, 3.63) is 0 Å². The van der Waals surface area contributed by atoms with E-state index in [2.05, 4.69) is 38.0 Å². The zero-order chi connectivity index (χ0) is 12.7. The second-order valence-corrected chi connectivity index (χ2v) is 5.78. The highest BCUT2D eigenvalue weighted by Gasteiger charge is 2.25. The van der Waals surface area contributed by atoms with Crippen LogP contribution in [0.1, 0.15) is 52.9 Å². The van der Waals surface area contributed by atoms with Gasteiger partial charge in [-0.1, -0.05) is 33.6 Å². The fourth-order valence-corrected chi connectivity index (χ4v) is 3.06. The average molecular weight is 240 g/mol. The number of nitrogens with zero attached hydrogens (tertiary/aromatic N) is 1. The summed E-state index contributed by atoms with van der Waals surface area (Å²) in [6.07, 6.45) is 6.94. The second-order valence-electron chi connectivity index (χ2n) is 5.78. The zero-order valence-corrected chi connectivity index (χ0v) is 12.3. The minimum atomic E-state index is 0.789. The SMILES string of the molecule is CCC(C)CN(CC)CCC1CCCC1NC. The normalized spacial score (nSPS) is 26.6. The maximum atomic E-state index is 3.49. The molecule has 1 N–H and O–H groups in total. The maximum Gasteiger partial charge on any atom is 0.00928 e. The van der Waals surface area contributed by atoms with Gasteiger partial charge in [0.25, 0.3) is 0 Å². The van der Waals surface area contributed by atoms with E-state index in [0.717, 1.165) is 17.9 Å². The van der Waals surface area contributed by atoms with Crippen LogP contribution in [0.15, 0.2) is 0 Å². The number of hydrogen-bond acceptors (Lipinski definition) is 2. The molecule has 102 valence electrons. The Labute approximate surface area is 108 Å². The van der Waals surface area contributed by atoms with Gasteiger partial charge in [0.05, 0.1) is 0 Å². The molecule has 0 aromatic heterocycles. The molecule has 0 saturated heterocycles. The van der Waals surface area contributed by atoms with Crippen LogP contribution in [0.4, 0.5) is 0 Å². The van der Waals surface area contributed by atoms with Gasteiger partial charge >= 0.3 is 0 Å². The van der Waals surface area contributed by atoms with Crippen LogP contribution in [0.25, 0.3) is 0 Å². The van der Waals surface area contributed by atoms with Gasteiger partial charge in [-0.3, -0.25) is 0 Å². The average Bonchev–Trinajstić information content (AvgIpc) is 2.81. The summed E-state index contributed by atoms with van der Waals surface area (Å²) in [4.78, 5) is 2.64. The van der Waals surface area contributed by atoms with E-state index in [1.165, 1.54) is 51.7 Å². The molecule has 0 spiro atoms. The lowest BCUT2D eigenvalue weighted by Crippen LogP contribution is -2.34. The van der Waals surface area contributed by atoms with Gasteiger partial charge < -0.3 is 10.2 Å².